The Bertz CT molecular complexity index is 1190. The van der Waals surface area contributed by atoms with E-state index in [-0.39, 0.29) is 11.4 Å². The number of aromatic amines is 1. The number of amides is 1. The van der Waals surface area contributed by atoms with E-state index in [1.54, 1.807) is 0 Å². The summed E-state index contributed by atoms with van der Waals surface area (Å²) < 4.78 is 6.99. The minimum Gasteiger partial charge on any atom is -0.408 e. The van der Waals surface area contributed by atoms with Crippen molar-refractivity contribution in [1.82, 2.24) is 20.2 Å². The molecule has 0 aliphatic heterocycles. The zero-order valence-corrected chi connectivity index (χ0v) is 15.3. The van der Waals surface area contributed by atoms with E-state index in [9.17, 15) is 4.79 Å². The van der Waals surface area contributed by atoms with Crippen LogP contribution in [0.1, 0.15) is 5.56 Å². The van der Waals surface area contributed by atoms with Crippen LogP contribution in [0.3, 0.4) is 0 Å². The Morgan fingerprint density at radius 2 is 2.07 bits per heavy atom. The van der Waals surface area contributed by atoms with Gasteiger partial charge in [0.15, 0.2) is 0 Å². The van der Waals surface area contributed by atoms with Gasteiger partial charge in [0.2, 0.25) is 0 Å². The number of hydrogen-bond donors (Lipinski definition) is 3. The molecule has 0 aliphatic rings. The molecule has 2 aromatic carbocycles. The van der Waals surface area contributed by atoms with Crippen LogP contribution in [0, 0.1) is 11.8 Å². The van der Waals surface area contributed by atoms with Gasteiger partial charge < -0.3 is 9.40 Å². The highest BCUT2D eigenvalue weighted by Gasteiger charge is 2.20. The Kier molecular flexibility index (Phi) is 4.35. The maximum Gasteiger partial charge on any atom is 0.287 e. The summed E-state index contributed by atoms with van der Waals surface area (Å²) in [6.45, 7) is 1.94. The van der Waals surface area contributed by atoms with E-state index in [1.807, 2.05) is 49.4 Å². The van der Waals surface area contributed by atoms with Gasteiger partial charge in [0.1, 0.15) is 12.2 Å². The fourth-order valence-electron chi connectivity index (χ4n) is 3.06. The summed E-state index contributed by atoms with van der Waals surface area (Å²) in [5, 5.41) is 5.43. The number of hydrogen-bond acceptors (Lipinski definition) is 5. The van der Waals surface area contributed by atoms with E-state index in [2.05, 4.69) is 21.6 Å². The van der Waals surface area contributed by atoms with Crippen molar-refractivity contribution in [3.63, 3.8) is 0 Å². The number of carbonyl (C=O) groups excluding carboxylic acids is 1. The first kappa shape index (κ1) is 17.2. The summed E-state index contributed by atoms with van der Waals surface area (Å²) in [5.41, 5.74) is 6.88. The van der Waals surface area contributed by atoms with Crippen molar-refractivity contribution in [2.45, 2.75) is 13.5 Å². The van der Waals surface area contributed by atoms with E-state index in [4.69, 9.17) is 22.5 Å². The quantitative estimate of drug-likeness (QED) is 0.218. The Morgan fingerprint density at radius 1 is 1.30 bits per heavy atom. The van der Waals surface area contributed by atoms with Crippen LogP contribution in [0.5, 0.6) is 0 Å². The van der Waals surface area contributed by atoms with Crippen LogP contribution in [-0.4, -0.2) is 20.7 Å². The second kappa shape index (κ2) is 6.82. The van der Waals surface area contributed by atoms with E-state index in [0.29, 0.717) is 11.6 Å². The van der Waals surface area contributed by atoms with Crippen LogP contribution in [0.25, 0.3) is 33.6 Å². The highest BCUT2D eigenvalue weighted by molar-refractivity contribution is 7.71. The Labute approximate surface area is 159 Å². The highest BCUT2D eigenvalue weighted by atomic mass is 32.1. The standard InChI is InChI=1S/C19H17N5O2S/c1-11-7-8-14-13(9-11)16(12-5-3-2-4-6-12)17(21-14)18-23-24(19(27)26-18)10-15(25)22-20/h2-9,21H,10,20H2,1H3,(H,22,25). The lowest BCUT2D eigenvalue weighted by atomic mass is 10.0. The van der Waals surface area contributed by atoms with Gasteiger partial charge in [-0.15, -0.1) is 5.10 Å². The number of nitrogens with one attached hydrogen (secondary N) is 2. The molecule has 0 spiro atoms. The third kappa shape index (κ3) is 3.16. The van der Waals surface area contributed by atoms with Gasteiger partial charge in [0.25, 0.3) is 16.6 Å². The smallest absolute Gasteiger partial charge is 0.287 e. The molecule has 0 saturated carbocycles. The third-order valence-electron chi connectivity index (χ3n) is 4.29. The molecule has 0 atom stereocenters. The first-order chi connectivity index (χ1) is 13.1. The van der Waals surface area contributed by atoms with Gasteiger partial charge in [0, 0.05) is 16.5 Å². The number of nitrogens with two attached hydrogens (primary N) is 1. The predicted molar refractivity (Wildman–Crippen MR) is 105 cm³/mol. The molecule has 4 aromatic rings. The number of rotatable bonds is 4. The summed E-state index contributed by atoms with van der Waals surface area (Å²) in [6, 6.07) is 16.2. The van der Waals surface area contributed by atoms with Gasteiger partial charge in [-0.25, -0.2) is 10.5 Å². The summed E-state index contributed by atoms with van der Waals surface area (Å²) in [4.78, 5) is 15.0. The zero-order chi connectivity index (χ0) is 19.0. The molecule has 0 fully saturated rings. The lowest BCUT2D eigenvalue weighted by Gasteiger charge is -2.03. The molecule has 0 bridgehead atoms. The molecule has 4 N–H and O–H groups in total. The number of benzene rings is 2. The fourth-order valence-corrected chi connectivity index (χ4v) is 3.24. The van der Waals surface area contributed by atoms with Gasteiger partial charge in [-0.05, 0) is 36.8 Å². The SMILES string of the molecule is Cc1ccc2[nH]c(-c3nn(CC(=O)NN)c(=S)o3)c(-c3ccccc3)c2c1. The topological polar surface area (TPSA) is 102 Å². The van der Waals surface area contributed by atoms with Crippen molar-refractivity contribution in [2.75, 3.05) is 0 Å². The highest BCUT2D eigenvalue weighted by Crippen LogP contribution is 2.38. The van der Waals surface area contributed by atoms with Crippen molar-refractivity contribution in [2.24, 2.45) is 5.84 Å². The minimum atomic E-state index is -0.415. The number of carbonyl (C=O) groups is 1. The monoisotopic (exact) mass is 379 g/mol. The minimum absolute atomic E-state index is 0.0995. The number of aromatic nitrogens is 3. The van der Waals surface area contributed by atoms with Crippen molar-refractivity contribution in [1.29, 1.82) is 0 Å². The van der Waals surface area contributed by atoms with Crippen LogP contribution < -0.4 is 11.3 Å². The zero-order valence-electron chi connectivity index (χ0n) is 14.5. The first-order valence-corrected chi connectivity index (χ1v) is 8.73. The molecule has 2 aromatic heterocycles. The van der Waals surface area contributed by atoms with Crippen LogP contribution in [-0.2, 0) is 11.3 Å². The molecule has 27 heavy (non-hydrogen) atoms. The number of nitrogens with zero attached hydrogens (tertiary/aromatic N) is 2. The number of hydrazine groups is 1. The molecule has 7 nitrogen and oxygen atoms in total. The van der Waals surface area contributed by atoms with Crippen molar-refractivity contribution in [3.05, 3.63) is 58.9 Å². The Balaban J connectivity index is 1.93. The second-order valence-electron chi connectivity index (χ2n) is 6.19. The maximum atomic E-state index is 11.6. The molecule has 1 amide bonds. The van der Waals surface area contributed by atoms with E-state index >= 15 is 0 Å². The van der Waals surface area contributed by atoms with E-state index < -0.39 is 5.91 Å². The van der Waals surface area contributed by atoms with Gasteiger partial charge >= 0.3 is 0 Å². The number of H-pyrrole nitrogens is 1. The van der Waals surface area contributed by atoms with Crippen LogP contribution in [0.15, 0.2) is 52.9 Å². The first-order valence-electron chi connectivity index (χ1n) is 8.32. The summed E-state index contributed by atoms with van der Waals surface area (Å²) in [7, 11) is 0. The fraction of sp³-hybridized carbons (Fsp3) is 0.105. The lowest BCUT2D eigenvalue weighted by Crippen LogP contribution is -2.33. The van der Waals surface area contributed by atoms with Gasteiger partial charge in [-0.2, -0.15) is 0 Å². The molecule has 2 heterocycles. The van der Waals surface area contributed by atoms with E-state index in [0.717, 1.165) is 27.6 Å². The lowest BCUT2D eigenvalue weighted by molar-refractivity contribution is -0.121. The average molecular weight is 379 g/mol. The van der Waals surface area contributed by atoms with Gasteiger partial charge in [-0.3, -0.25) is 10.2 Å². The molecular weight excluding hydrogens is 362 g/mol. The van der Waals surface area contributed by atoms with E-state index in [1.165, 1.54) is 4.68 Å². The molecule has 0 saturated heterocycles. The molecule has 0 unspecified atom stereocenters. The normalized spacial score (nSPS) is 11.0. The molecule has 8 heteroatoms. The third-order valence-corrected chi connectivity index (χ3v) is 4.59. The second-order valence-corrected chi connectivity index (χ2v) is 6.54. The van der Waals surface area contributed by atoms with Crippen LogP contribution in [0.2, 0.25) is 0 Å². The molecule has 4 rings (SSSR count). The largest absolute Gasteiger partial charge is 0.408 e. The molecule has 136 valence electrons. The summed E-state index contributed by atoms with van der Waals surface area (Å²) in [6.07, 6.45) is 0. The van der Waals surface area contributed by atoms with Crippen LogP contribution in [0.4, 0.5) is 0 Å². The Morgan fingerprint density at radius 3 is 2.81 bits per heavy atom. The summed E-state index contributed by atoms with van der Waals surface area (Å²) in [5.74, 6) is 5.04. The number of fused-ring (bicyclic) bond motifs is 1. The maximum absolute atomic E-state index is 11.6. The van der Waals surface area contributed by atoms with Crippen molar-refractivity contribution in [3.8, 4) is 22.7 Å². The molecule has 0 radical (unpaired) electrons. The van der Waals surface area contributed by atoms with Crippen molar-refractivity contribution >= 4 is 29.0 Å². The van der Waals surface area contributed by atoms with Gasteiger partial charge in [0.05, 0.1) is 0 Å². The number of aryl methyl sites for hydroxylation is 1. The molecular formula is C19H17N5O2S. The van der Waals surface area contributed by atoms with Gasteiger partial charge in [-0.1, -0.05) is 42.0 Å². The summed E-state index contributed by atoms with van der Waals surface area (Å²) >= 11 is 5.20. The average Bonchev–Trinajstić information content (AvgIpc) is 3.22. The Hall–Kier alpha value is -3.23. The molecule has 0 aliphatic carbocycles. The van der Waals surface area contributed by atoms with Crippen molar-refractivity contribution < 1.29 is 9.21 Å². The van der Waals surface area contributed by atoms with Crippen LogP contribution >= 0.6 is 12.2 Å². The predicted octanol–water partition coefficient (Wildman–Crippen LogP) is 3.32.